The minimum atomic E-state index is -0.710. The third kappa shape index (κ3) is 1.72. The Kier molecular flexibility index (Phi) is 2.83. The lowest BCUT2D eigenvalue weighted by molar-refractivity contribution is 0.0925. The van der Waals surface area contributed by atoms with Crippen molar-refractivity contribution < 1.29 is 14.0 Å². The predicted octanol–water partition coefficient (Wildman–Crippen LogP) is 2.97. The van der Waals surface area contributed by atoms with Crippen LogP contribution in [0.4, 0.5) is 15.8 Å². The maximum absolute atomic E-state index is 13.9. The van der Waals surface area contributed by atoms with Crippen LogP contribution in [0.15, 0.2) is 40.9 Å². The van der Waals surface area contributed by atoms with E-state index in [1.165, 1.54) is 24.3 Å². The summed E-state index contributed by atoms with van der Waals surface area (Å²) in [5, 5.41) is 0. The first-order chi connectivity index (χ1) is 9.50. The molecular formula is C14H8BrFN2O2. The predicted molar refractivity (Wildman–Crippen MR) is 76.1 cm³/mol. The van der Waals surface area contributed by atoms with Crippen molar-refractivity contribution in [2.45, 2.75) is 0 Å². The molecule has 2 N–H and O–H groups in total. The number of amides is 2. The SMILES string of the molecule is Nc1cccc(F)c1N1C(=O)c2ccc(Br)cc2C1=O. The molecule has 1 heterocycles. The Morgan fingerprint density at radius 1 is 1.05 bits per heavy atom. The molecule has 0 fully saturated rings. The summed E-state index contributed by atoms with van der Waals surface area (Å²) >= 11 is 3.24. The number of para-hydroxylation sites is 1. The molecule has 20 heavy (non-hydrogen) atoms. The van der Waals surface area contributed by atoms with Gasteiger partial charge in [0, 0.05) is 4.47 Å². The number of carbonyl (C=O) groups excluding carboxylic acids is 2. The number of rotatable bonds is 1. The lowest BCUT2D eigenvalue weighted by Crippen LogP contribution is -2.31. The largest absolute Gasteiger partial charge is 0.397 e. The monoisotopic (exact) mass is 334 g/mol. The summed E-state index contributed by atoms with van der Waals surface area (Å²) in [7, 11) is 0. The molecule has 3 rings (SSSR count). The molecule has 0 bridgehead atoms. The van der Waals surface area contributed by atoms with E-state index >= 15 is 0 Å². The molecule has 4 nitrogen and oxygen atoms in total. The highest BCUT2D eigenvalue weighted by molar-refractivity contribution is 9.10. The summed E-state index contributed by atoms with van der Waals surface area (Å²) in [6.45, 7) is 0. The fraction of sp³-hybridized carbons (Fsp3) is 0. The number of nitrogen functional groups attached to an aromatic ring is 1. The number of imide groups is 1. The number of carbonyl (C=O) groups is 2. The lowest BCUT2D eigenvalue weighted by atomic mass is 10.1. The molecular weight excluding hydrogens is 327 g/mol. The second kappa shape index (κ2) is 4.42. The Balaban J connectivity index is 2.20. The van der Waals surface area contributed by atoms with Gasteiger partial charge in [0.2, 0.25) is 0 Å². The van der Waals surface area contributed by atoms with Gasteiger partial charge in [-0.25, -0.2) is 9.29 Å². The molecule has 0 unspecified atom stereocenters. The molecule has 2 aromatic rings. The van der Waals surface area contributed by atoms with Crippen molar-refractivity contribution in [1.29, 1.82) is 0 Å². The van der Waals surface area contributed by atoms with Crippen molar-refractivity contribution in [2.75, 3.05) is 10.6 Å². The standard InChI is InChI=1S/C14H8BrFN2O2/c15-7-4-5-8-9(6-7)14(20)18(13(8)19)12-10(16)2-1-3-11(12)17/h1-6H,17H2. The average Bonchev–Trinajstić information content (AvgIpc) is 2.63. The van der Waals surface area contributed by atoms with Gasteiger partial charge in [-0.3, -0.25) is 9.59 Å². The first-order valence-electron chi connectivity index (χ1n) is 5.73. The number of nitrogens with zero attached hydrogens (tertiary/aromatic N) is 1. The first-order valence-corrected chi connectivity index (χ1v) is 6.52. The summed E-state index contributed by atoms with van der Waals surface area (Å²) in [4.78, 5) is 25.4. The molecule has 0 aromatic heterocycles. The van der Waals surface area contributed by atoms with Crippen molar-refractivity contribution in [3.05, 3.63) is 57.8 Å². The number of fused-ring (bicyclic) bond motifs is 1. The third-order valence-electron chi connectivity index (χ3n) is 3.09. The molecule has 1 aliphatic rings. The van der Waals surface area contributed by atoms with Crippen LogP contribution in [0.25, 0.3) is 0 Å². The summed E-state index contributed by atoms with van der Waals surface area (Å²) in [5.41, 5.74) is 6.00. The molecule has 0 spiro atoms. The van der Waals surface area contributed by atoms with E-state index in [-0.39, 0.29) is 22.5 Å². The third-order valence-corrected chi connectivity index (χ3v) is 3.58. The Hall–Kier alpha value is -2.21. The van der Waals surface area contributed by atoms with Gasteiger partial charge in [0.25, 0.3) is 11.8 Å². The van der Waals surface area contributed by atoms with Crippen LogP contribution in [0.3, 0.4) is 0 Å². The minimum absolute atomic E-state index is 0.0403. The van der Waals surface area contributed by atoms with Crippen LogP contribution in [-0.2, 0) is 0 Å². The van der Waals surface area contributed by atoms with Crippen molar-refractivity contribution in [3.63, 3.8) is 0 Å². The van der Waals surface area contributed by atoms with Crippen molar-refractivity contribution in [1.82, 2.24) is 0 Å². The Morgan fingerprint density at radius 2 is 1.75 bits per heavy atom. The minimum Gasteiger partial charge on any atom is -0.397 e. The van der Waals surface area contributed by atoms with Crippen LogP contribution in [0.1, 0.15) is 20.7 Å². The summed E-state index contributed by atoms with van der Waals surface area (Å²) in [5.74, 6) is -1.86. The van der Waals surface area contributed by atoms with Gasteiger partial charge in [-0.05, 0) is 30.3 Å². The van der Waals surface area contributed by atoms with E-state index in [1.807, 2.05) is 0 Å². The molecule has 0 aliphatic carbocycles. The first kappa shape index (κ1) is 12.8. The lowest BCUT2D eigenvalue weighted by Gasteiger charge is -2.16. The second-order valence-corrected chi connectivity index (χ2v) is 5.23. The van der Waals surface area contributed by atoms with E-state index < -0.39 is 17.6 Å². The highest BCUT2D eigenvalue weighted by Gasteiger charge is 2.38. The zero-order valence-corrected chi connectivity index (χ0v) is 11.6. The Morgan fingerprint density at radius 3 is 2.45 bits per heavy atom. The van der Waals surface area contributed by atoms with E-state index in [9.17, 15) is 14.0 Å². The van der Waals surface area contributed by atoms with Gasteiger partial charge < -0.3 is 5.73 Å². The van der Waals surface area contributed by atoms with Gasteiger partial charge in [0.05, 0.1) is 16.8 Å². The topological polar surface area (TPSA) is 63.4 Å². The van der Waals surface area contributed by atoms with Gasteiger partial charge in [0.15, 0.2) is 0 Å². The number of hydrogen-bond donors (Lipinski definition) is 1. The quantitative estimate of drug-likeness (QED) is 0.644. The van der Waals surface area contributed by atoms with Gasteiger partial charge in [-0.2, -0.15) is 0 Å². The molecule has 0 radical (unpaired) electrons. The summed E-state index contributed by atoms with van der Waals surface area (Å²) in [6.07, 6.45) is 0. The zero-order valence-electron chi connectivity index (χ0n) is 10.1. The smallest absolute Gasteiger partial charge is 0.266 e. The maximum atomic E-state index is 13.9. The number of anilines is 2. The fourth-order valence-corrected chi connectivity index (χ4v) is 2.55. The molecule has 1 aliphatic heterocycles. The molecule has 100 valence electrons. The van der Waals surface area contributed by atoms with E-state index in [1.54, 1.807) is 6.07 Å². The fourth-order valence-electron chi connectivity index (χ4n) is 2.18. The molecule has 0 saturated carbocycles. The summed E-state index contributed by atoms with van der Waals surface area (Å²) in [6, 6.07) is 8.73. The molecule has 2 aromatic carbocycles. The number of nitrogens with two attached hydrogens (primary N) is 1. The number of benzene rings is 2. The summed E-state index contributed by atoms with van der Waals surface area (Å²) < 4.78 is 14.6. The van der Waals surface area contributed by atoms with Crippen molar-refractivity contribution >= 4 is 39.1 Å². The normalized spacial score (nSPS) is 13.8. The van der Waals surface area contributed by atoms with Crippen molar-refractivity contribution in [3.8, 4) is 0 Å². The zero-order chi connectivity index (χ0) is 14.4. The van der Waals surface area contributed by atoms with E-state index in [2.05, 4.69) is 15.9 Å². The van der Waals surface area contributed by atoms with Gasteiger partial charge in [-0.15, -0.1) is 0 Å². The van der Waals surface area contributed by atoms with Crippen LogP contribution in [0, 0.1) is 5.82 Å². The van der Waals surface area contributed by atoms with E-state index in [0.29, 0.717) is 4.47 Å². The molecule has 0 saturated heterocycles. The molecule has 0 atom stereocenters. The van der Waals surface area contributed by atoms with Gasteiger partial charge in [-0.1, -0.05) is 22.0 Å². The molecule has 2 amide bonds. The van der Waals surface area contributed by atoms with E-state index in [4.69, 9.17) is 5.73 Å². The highest BCUT2D eigenvalue weighted by Crippen LogP contribution is 2.34. The maximum Gasteiger partial charge on any atom is 0.266 e. The number of halogens is 2. The van der Waals surface area contributed by atoms with Crippen LogP contribution in [0.2, 0.25) is 0 Å². The van der Waals surface area contributed by atoms with Crippen molar-refractivity contribution in [2.24, 2.45) is 0 Å². The average molecular weight is 335 g/mol. The van der Waals surface area contributed by atoms with Gasteiger partial charge >= 0.3 is 0 Å². The molecule has 6 heteroatoms. The van der Waals surface area contributed by atoms with Gasteiger partial charge in [0.1, 0.15) is 11.5 Å². The Labute approximate surface area is 122 Å². The van der Waals surface area contributed by atoms with Crippen LogP contribution in [0.5, 0.6) is 0 Å². The highest BCUT2D eigenvalue weighted by atomic mass is 79.9. The second-order valence-electron chi connectivity index (χ2n) is 4.31. The Bertz CT molecular complexity index is 741. The van der Waals surface area contributed by atoms with Crippen LogP contribution in [-0.4, -0.2) is 11.8 Å². The van der Waals surface area contributed by atoms with E-state index in [0.717, 1.165) is 11.0 Å². The number of hydrogen-bond acceptors (Lipinski definition) is 3. The van der Waals surface area contributed by atoms with Crippen LogP contribution < -0.4 is 10.6 Å². The van der Waals surface area contributed by atoms with Crippen LogP contribution >= 0.6 is 15.9 Å².